The number of rotatable bonds is 4. The van der Waals surface area contributed by atoms with Crippen LogP contribution in [-0.4, -0.2) is 29.5 Å². The van der Waals surface area contributed by atoms with Gasteiger partial charge < -0.3 is 9.73 Å². The van der Waals surface area contributed by atoms with Crippen molar-refractivity contribution in [2.75, 3.05) is 25.0 Å². The molecular formula is C16H17N3OS. The van der Waals surface area contributed by atoms with Gasteiger partial charge in [0.25, 0.3) is 0 Å². The Bertz CT molecular complexity index is 749. The standard InChI is InChI=1S/C16H17N3OS/c1-5-17-16(13-3-9-20-14(1)13)18-6-8-19-7-2-15-12(11-19)4-10-21-15/h1,3-5,9-10H,2,6-8,11H2,(H,17,18). The van der Waals surface area contributed by atoms with E-state index in [1.54, 1.807) is 17.3 Å². The van der Waals surface area contributed by atoms with Crippen LogP contribution >= 0.6 is 11.3 Å². The molecule has 4 nitrogen and oxygen atoms in total. The van der Waals surface area contributed by atoms with Crippen LogP contribution in [0, 0.1) is 0 Å². The lowest BCUT2D eigenvalue weighted by atomic mass is 10.1. The Morgan fingerprint density at radius 1 is 1.33 bits per heavy atom. The summed E-state index contributed by atoms with van der Waals surface area (Å²) in [7, 11) is 0. The van der Waals surface area contributed by atoms with Gasteiger partial charge in [-0.05, 0) is 35.6 Å². The molecule has 0 unspecified atom stereocenters. The number of fused-ring (bicyclic) bond motifs is 2. The van der Waals surface area contributed by atoms with Crippen molar-refractivity contribution in [3.05, 3.63) is 46.5 Å². The second kappa shape index (κ2) is 5.50. The summed E-state index contributed by atoms with van der Waals surface area (Å²) in [5, 5.41) is 6.69. The van der Waals surface area contributed by atoms with Crippen molar-refractivity contribution in [2.24, 2.45) is 0 Å². The highest BCUT2D eigenvalue weighted by atomic mass is 32.1. The molecule has 0 fully saturated rings. The van der Waals surface area contributed by atoms with E-state index in [0.717, 1.165) is 43.0 Å². The second-order valence-electron chi connectivity index (χ2n) is 5.31. The smallest absolute Gasteiger partial charge is 0.139 e. The van der Waals surface area contributed by atoms with E-state index < -0.39 is 0 Å². The molecule has 0 radical (unpaired) electrons. The lowest BCUT2D eigenvalue weighted by molar-refractivity contribution is 0.266. The number of aromatic nitrogens is 1. The fourth-order valence-corrected chi connectivity index (χ4v) is 3.76. The van der Waals surface area contributed by atoms with E-state index in [0.29, 0.717) is 0 Å². The van der Waals surface area contributed by atoms with E-state index in [9.17, 15) is 0 Å². The Morgan fingerprint density at radius 2 is 2.33 bits per heavy atom. The number of furan rings is 1. The van der Waals surface area contributed by atoms with Crippen molar-refractivity contribution >= 4 is 28.1 Å². The maximum Gasteiger partial charge on any atom is 0.139 e. The first-order valence-electron chi connectivity index (χ1n) is 7.24. The predicted molar refractivity (Wildman–Crippen MR) is 85.8 cm³/mol. The van der Waals surface area contributed by atoms with E-state index in [4.69, 9.17) is 4.42 Å². The van der Waals surface area contributed by atoms with Gasteiger partial charge in [-0.2, -0.15) is 0 Å². The van der Waals surface area contributed by atoms with Crippen LogP contribution in [0.2, 0.25) is 0 Å². The van der Waals surface area contributed by atoms with Crippen LogP contribution in [0.15, 0.2) is 40.5 Å². The first-order valence-corrected chi connectivity index (χ1v) is 8.12. The molecule has 0 saturated heterocycles. The zero-order chi connectivity index (χ0) is 14.1. The van der Waals surface area contributed by atoms with E-state index in [1.165, 1.54) is 12.0 Å². The highest BCUT2D eigenvalue weighted by Crippen LogP contribution is 2.24. The Hall–Kier alpha value is -1.85. The molecular weight excluding hydrogens is 282 g/mol. The van der Waals surface area contributed by atoms with Gasteiger partial charge >= 0.3 is 0 Å². The molecule has 1 N–H and O–H groups in total. The Kier molecular flexibility index (Phi) is 3.37. The zero-order valence-electron chi connectivity index (χ0n) is 11.7. The molecule has 0 bridgehead atoms. The van der Waals surface area contributed by atoms with Gasteiger partial charge in [-0.25, -0.2) is 4.98 Å². The molecule has 0 saturated carbocycles. The van der Waals surface area contributed by atoms with E-state index >= 15 is 0 Å². The summed E-state index contributed by atoms with van der Waals surface area (Å²) in [5.41, 5.74) is 2.38. The van der Waals surface area contributed by atoms with Gasteiger partial charge in [0, 0.05) is 37.3 Å². The van der Waals surface area contributed by atoms with Crippen molar-refractivity contribution < 1.29 is 4.42 Å². The molecule has 4 heterocycles. The van der Waals surface area contributed by atoms with Crippen LogP contribution in [0.25, 0.3) is 11.0 Å². The van der Waals surface area contributed by atoms with Crippen LogP contribution in [0.1, 0.15) is 10.4 Å². The van der Waals surface area contributed by atoms with Crippen LogP contribution in [0.4, 0.5) is 5.82 Å². The summed E-state index contributed by atoms with van der Waals surface area (Å²) in [6.45, 7) is 4.16. The molecule has 0 aromatic carbocycles. The third kappa shape index (κ3) is 2.54. The Labute approximate surface area is 127 Å². The molecule has 5 heteroatoms. The molecule has 1 aliphatic heterocycles. The zero-order valence-corrected chi connectivity index (χ0v) is 12.5. The van der Waals surface area contributed by atoms with Crippen LogP contribution < -0.4 is 5.32 Å². The SMILES string of the molecule is c1cc2occc2c(NCCN2CCc3sccc3C2)n1. The summed E-state index contributed by atoms with van der Waals surface area (Å²) in [5.74, 6) is 0.912. The van der Waals surface area contributed by atoms with Gasteiger partial charge in [-0.3, -0.25) is 4.90 Å². The first kappa shape index (κ1) is 12.9. The maximum atomic E-state index is 5.40. The normalized spacial score (nSPS) is 15.2. The molecule has 1 aliphatic rings. The predicted octanol–water partition coefficient (Wildman–Crippen LogP) is 3.36. The first-order chi connectivity index (χ1) is 10.4. The van der Waals surface area contributed by atoms with Crippen molar-refractivity contribution in [1.82, 2.24) is 9.88 Å². The summed E-state index contributed by atoms with van der Waals surface area (Å²) >= 11 is 1.89. The third-order valence-corrected chi connectivity index (χ3v) is 5.01. The Morgan fingerprint density at radius 3 is 3.33 bits per heavy atom. The average molecular weight is 299 g/mol. The number of anilines is 1. The molecule has 108 valence electrons. The lowest BCUT2D eigenvalue weighted by Gasteiger charge is -2.26. The highest BCUT2D eigenvalue weighted by Gasteiger charge is 2.16. The minimum absolute atomic E-state index is 0.883. The minimum Gasteiger partial charge on any atom is -0.464 e. The van der Waals surface area contributed by atoms with E-state index in [-0.39, 0.29) is 0 Å². The van der Waals surface area contributed by atoms with Gasteiger partial charge in [0.15, 0.2) is 0 Å². The fourth-order valence-electron chi connectivity index (χ4n) is 2.87. The molecule has 0 spiro atoms. The van der Waals surface area contributed by atoms with Gasteiger partial charge in [0.1, 0.15) is 11.4 Å². The second-order valence-corrected chi connectivity index (χ2v) is 6.31. The number of nitrogens with one attached hydrogen (secondary N) is 1. The monoisotopic (exact) mass is 299 g/mol. The van der Waals surface area contributed by atoms with Gasteiger partial charge in [0.2, 0.25) is 0 Å². The summed E-state index contributed by atoms with van der Waals surface area (Å²) < 4.78 is 5.40. The third-order valence-electron chi connectivity index (χ3n) is 3.99. The maximum absolute atomic E-state index is 5.40. The van der Waals surface area contributed by atoms with Crippen LogP contribution in [0.5, 0.6) is 0 Å². The number of thiophene rings is 1. The largest absolute Gasteiger partial charge is 0.464 e. The number of pyridine rings is 1. The molecule has 0 aliphatic carbocycles. The summed E-state index contributed by atoms with van der Waals surface area (Å²) in [4.78, 5) is 8.46. The minimum atomic E-state index is 0.883. The summed E-state index contributed by atoms with van der Waals surface area (Å²) in [6.07, 6.45) is 4.68. The van der Waals surface area contributed by atoms with E-state index in [2.05, 4.69) is 26.6 Å². The van der Waals surface area contributed by atoms with Crippen LogP contribution in [0.3, 0.4) is 0 Å². The molecule has 4 rings (SSSR count). The molecule has 3 aromatic heterocycles. The molecule has 0 amide bonds. The topological polar surface area (TPSA) is 41.3 Å². The molecule has 21 heavy (non-hydrogen) atoms. The van der Waals surface area contributed by atoms with Gasteiger partial charge in [-0.15, -0.1) is 11.3 Å². The quantitative estimate of drug-likeness (QED) is 0.802. The number of hydrogen-bond acceptors (Lipinski definition) is 5. The van der Waals surface area contributed by atoms with Crippen molar-refractivity contribution in [2.45, 2.75) is 13.0 Å². The fraction of sp³-hybridized carbons (Fsp3) is 0.312. The van der Waals surface area contributed by atoms with Crippen molar-refractivity contribution in [1.29, 1.82) is 0 Å². The number of nitrogens with zero attached hydrogens (tertiary/aromatic N) is 2. The van der Waals surface area contributed by atoms with Crippen molar-refractivity contribution in [3.8, 4) is 0 Å². The van der Waals surface area contributed by atoms with Gasteiger partial charge in [0.05, 0.1) is 11.6 Å². The van der Waals surface area contributed by atoms with E-state index in [1.807, 2.05) is 23.5 Å². The summed E-state index contributed by atoms with van der Waals surface area (Å²) in [6, 6.07) is 6.11. The van der Waals surface area contributed by atoms with Crippen molar-refractivity contribution in [3.63, 3.8) is 0 Å². The number of hydrogen-bond donors (Lipinski definition) is 1. The highest BCUT2D eigenvalue weighted by molar-refractivity contribution is 7.10. The average Bonchev–Trinajstić information content (AvgIpc) is 3.15. The Balaban J connectivity index is 1.37. The lowest BCUT2D eigenvalue weighted by Crippen LogP contribution is -2.33. The molecule has 3 aromatic rings. The van der Waals surface area contributed by atoms with Gasteiger partial charge in [-0.1, -0.05) is 0 Å². The van der Waals surface area contributed by atoms with Crippen LogP contribution in [-0.2, 0) is 13.0 Å². The molecule has 0 atom stereocenters.